The Kier molecular flexibility index (Phi) is 5.62. The molecule has 1 aliphatic carbocycles. The van der Waals surface area contributed by atoms with E-state index < -0.39 is 0 Å². The van der Waals surface area contributed by atoms with Crippen LogP contribution < -0.4 is 5.32 Å². The number of likely N-dealkylation sites (tertiary alicyclic amines) is 2. The van der Waals surface area contributed by atoms with Crippen molar-refractivity contribution in [3.05, 3.63) is 0 Å². The van der Waals surface area contributed by atoms with Crippen molar-refractivity contribution in [2.24, 2.45) is 11.8 Å². The van der Waals surface area contributed by atoms with Gasteiger partial charge in [-0.3, -0.25) is 14.5 Å². The van der Waals surface area contributed by atoms with E-state index in [1.165, 1.54) is 25.7 Å². The lowest BCUT2D eigenvalue weighted by Crippen LogP contribution is -2.54. The van der Waals surface area contributed by atoms with E-state index in [1.807, 2.05) is 7.05 Å². The van der Waals surface area contributed by atoms with E-state index in [-0.39, 0.29) is 24.4 Å². The minimum atomic E-state index is -0.0114. The van der Waals surface area contributed by atoms with Crippen LogP contribution in [0.25, 0.3) is 0 Å². The van der Waals surface area contributed by atoms with Gasteiger partial charge in [-0.25, -0.2) is 0 Å². The van der Waals surface area contributed by atoms with E-state index in [2.05, 4.69) is 26.1 Å². The number of hydrogen-bond donors (Lipinski definition) is 1. The first-order valence-corrected chi connectivity index (χ1v) is 9.87. The fraction of sp³-hybridized carbons (Fsp3) is 0.882. The standard InChI is InChI=1S/C17H28BrN3O2/c1-20-8-6-12-7-9-21(17(23)16(12)20)11-15(22)19-10-13-4-2-3-5-14(13)18/h12-14,16H,2-11H2,1H3,(H,19,22). The summed E-state index contributed by atoms with van der Waals surface area (Å²) in [6.07, 6.45) is 7.04. The van der Waals surface area contributed by atoms with Gasteiger partial charge in [-0.2, -0.15) is 0 Å². The van der Waals surface area contributed by atoms with Gasteiger partial charge in [-0.15, -0.1) is 0 Å². The molecule has 23 heavy (non-hydrogen) atoms. The average Bonchev–Trinajstić information content (AvgIpc) is 2.91. The predicted molar refractivity (Wildman–Crippen MR) is 93.4 cm³/mol. The zero-order valence-electron chi connectivity index (χ0n) is 14.0. The molecule has 0 aromatic rings. The molecule has 130 valence electrons. The number of likely N-dealkylation sites (N-methyl/N-ethyl adjacent to an activating group) is 1. The van der Waals surface area contributed by atoms with E-state index >= 15 is 0 Å². The Morgan fingerprint density at radius 3 is 2.74 bits per heavy atom. The lowest BCUT2D eigenvalue weighted by atomic mass is 9.89. The Morgan fingerprint density at radius 1 is 1.22 bits per heavy atom. The third kappa shape index (κ3) is 3.90. The number of nitrogens with zero attached hydrogens (tertiary/aromatic N) is 2. The molecule has 0 aromatic carbocycles. The van der Waals surface area contributed by atoms with Gasteiger partial charge >= 0.3 is 0 Å². The van der Waals surface area contributed by atoms with Crippen LogP contribution in [0.1, 0.15) is 38.5 Å². The van der Waals surface area contributed by atoms with Crippen molar-refractivity contribution in [2.45, 2.75) is 49.4 Å². The maximum Gasteiger partial charge on any atom is 0.240 e. The highest BCUT2D eigenvalue weighted by molar-refractivity contribution is 9.09. The number of alkyl halides is 1. The van der Waals surface area contributed by atoms with Crippen LogP contribution in [0.3, 0.4) is 0 Å². The third-order valence-corrected chi connectivity index (χ3v) is 7.03. The molecule has 0 spiro atoms. The van der Waals surface area contributed by atoms with Crippen LogP contribution in [0, 0.1) is 11.8 Å². The van der Waals surface area contributed by atoms with Gasteiger partial charge in [0.25, 0.3) is 0 Å². The molecular formula is C17H28BrN3O2. The van der Waals surface area contributed by atoms with E-state index in [0.29, 0.717) is 16.7 Å². The van der Waals surface area contributed by atoms with Crippen LogP contribution in [0.4, 0.5) is 0 Å². The maximum atomic E-state index is 12.6. The first-order chi connectivity index (χ1) is 11.1. The van der Waals surface area contributed by atoms with E-state index in [9.17, 15) is 9.59 Å². The number of halogens is 1. The van der Waals surface area contributed by atoms with Crippen LogP contribution in [0.5, 0.6) is 0 Å². The smallest absolute Gasteiger partial charge is 0.240 e. The largest absolute Gasteiger partial charge is 0.354 e. The van der Waals surface area contributed by atoms with Crippen molar-refractivity contribution in [2.75, 3.05) is 33.2 Å². The first kappa shape index (κ1) is 17.2. The van der Waals surface area contributed by atoms with Crippen LogP contribution in [0.2, 0.25) is 0 Å². The second kappa shape index (κ2) is 7.51. The van der Waals surface area contributed by atoms with Gasteiger partial charge in [0.05, 0.1) is 12.6 Å². The van der Waals surface area contributed by atoms with Gasteiger partial charge in [0, 0.05) is 17.9 Å². The topological polar surface area (TPSA) is 52.6 Å². The molecule has 2 aliphatic heterocycles. The van der Waals surface area contributed by atoms with Crippen molar-refractivity contribution in [1.29, 1.82) is 0 Å². The zero-order chi connectivity index (χ0) is 16.4. The van der Waals surface area contributed by atoms with Crippen molar-refractivity contribution in [3.8, 4) is 0 Å². The molecule has 1 saturated carbocycles. The molecule has 0 aromatic heterocycles. The SMILES string of the molecule is CN1CCC2CCN(CC(=O)NCC3CCCCC3Br)C(=O)C21. The average molecular weight is 386 g/mol. The summed E-state index contributed by atoms with van der Waals surface area (Å²) in [5, 5.41) is 3.05. The molecule has 6 heteroatoms. The number of hydrogen-bond acceptors (Lipinski definition) is 3. The summed E-state index contributed by atoms with van der Waals surface area (Å²) in [4.78, 5) is 29.3. The van der Waals surface area contributed by atoms with Gasteiger partial charge in [0.2, 0.25) is 11.8 Å². The highest BCUT2D eigenvalue weighted by Gasteiger charge is 2.43. The normalized spacial score (nSPS) is 35.2. The molecule has 3 fully saturated rings. The zero-order valence-corrected chi connectivity index (χ0v) is 15.6. The van der Waals surface area contributed by atoms with Crippen molar-refractivity contribution < 1.29 is 9.59 Å². The minimum absolute atomic E-state index is 0.00168. The molecular weight excluding hydrogens is 358 g/mol. The lowest BCUT2D eigenvalue weighted by Gasteiger charge is -2.36. The predicted octanol–water partition coefficient (Wildman–Crippen LogP) is 1.61. The maximum absolute atomic E-state index is 12.6. The Hall–Kier alpha value is -0.620. The van der Waals surface area contributed by atoms with E-state index in [0.717, 1.165) is 32.5 Å². The van der Waals surface area contributed by atoms with Crippen molar-refractivity contribution >= 4 is 27.7 Å². The number of nitrogens with one attached hydrogen (secondary N) is 1. The molecule has 3 rings (SSSR count). The quantitative estimate of drug-likeness (QED) is 0.747. The molecule has 4 atom stereocenters. The minimum Gasteiger partial charge on any atom is -0.354 e. The summed E-state index contributed by atoms with van der Waals surface area (Å²) in [5.41, 5.74) is 0. The summed E-state index contributed by atoms with van der Waals surface area (Å²) in [6.45, 7) is 2.67. The molecule has 2 saturated heterocycles. The Morgan fingerprint density at radius 2 is 1.96 bits per heavy atom. The van der Waals surface area contributed by atoms with Gasteiger partial charge in [-0.1, -0.05) is 28.8 Å². The summed E-state index contributed by atoms with van der Waals surface area (Å²) in [6, 6.07) is 0.00168. The van der Waals surface area contributed by atoms with Crippen LogP contribution >= 0.6 is 15.9 Å². The fourth-order valence-corrected chi connectivity index (χ4v) is 5.14. The highest BCUT2D eigenvalue weighted by atomic mass is 79.9. The number of piperidine rings is 1. The second-order valence-electron chi connectivity index (χ2n) is 7.39. The van der Waals surface area contributed by atoms with E-state index in [4.69, 9.17) is 0 Å². The molecule has 0 radical (unpaired) electrons. The number of rotatable bonds is 4. The van der Waals surface area contributed by atoms with Gasteiger partial charge in [-0.05, 0) is 51.1 Å². The molecule has 1 N–H and O–H groups in total. The van der Waals surface area contributed by atoms with Gasteiger partial charge in [0.15, 0.2) is 0 Å². The molecule has 3 aliphatic rings. The van der Waals surface area contributed by atoms with Crippen LogP contribution in [-0.2, 0) is 9.59 Å². The number of fused-ring (bicyclic) bond motifs is 1. The van der Waals surface area contributed by atoms with Crippen molar-refractivity contribution in [1.82, 2.24) is 15.1 Å². The number of carbonyl (C=O) groups excluding carboxylic acids is 2. The third-order valence-electron chi connectivity index (χ3n) is 5.82. The molecule has 4 unspecified atom stereocenters. The summed E-state index contributed by atoms with van der Waals surface area (Å²) >= 11 is 3.73. The lowest BCUT2D eigenvalue weighted by molar-refractivity contribution is -0.143. The summed E-state index contributed by atoms with van der Waals surface area (Å²) in [7, 11) is 2.02. The monoisotopic (exact) mass is 385 g/mol. The summed E-state index contributed by atoms with van der Waals surface area (Å²) < 4.78 is 0. The second-order valence-corrected chi connectivity index (χ2v) is 8.56. The van der Waals surface area contributed by atoms with Crippen molar-refractivity contribution in [3.63, 3.8) is 0 Å². The van der Waals surface area contributed by atoms with Gasteiger partial charge < -0.3 is 10.2 Å². The fourth-order valence-electron chi connectivity index (χ4n) is 4.36. The molecule has 5 nitrogen and oxygen atoms in total. The molecule has 0 bridgehead atoms. The van der Waals surface area contributed by atoms with E-state index in [1.54, 1.807) is 4.90 Å². The Bertz CT molecular complexity index is 459. The Labute approximate surface area is 147 Å². The summed E-state index contributed by atoms with van der Waals surface area (Å²) in [5.74, 6) is 1.15. The van der Waals surface area contributed by atoms with Gasteiger partial charge in [0.1, 0.15) is 0 Å². The molecule has 2 heterocycles. The first-order valence-electron chi connectivity index (χ1n) is 8.96. The highest BCUT2D eigenvalue weighted by Crippen LogP contribution is 2.31. The Balaban J connectivity index is 1.47. The van der Waals surface area contributed by atoms with Crippen LogP contribution in [-0.4, -0.2) is 65.7 Å². The molecule has 2 amide bonds. The van der Waals surface area contributed by atoms with Crippen LogP contribution in [0.15, 0.2) is 0 Å². The number of carbonyl (C=O) groups is 2. The number of amides is 2.